The Morgan fingerprint density at radius 2 is 2.00 bits per heavy atom. The summed E-state index contributed by atoms with van der Waals surface area (Å²) in [7, 11) is 0. The van der Waals surface area contributed by atoms with E-state index in [2.05, 4.69) is 10.2 Å². The smallest absolute Gasteiger partial charge is 0.278 e. The molecule has 0 saturated heterocycles. The van der Waals surface area contributed by atoms with Crippen LogP contribution in [0.15, 0.2) is 30.5 Å². The van der Waals surface area contributed by atoms with Crippen LogP contribution in [0.2, 0.25) is 5.02 Å². The first-order valence-corrected chi connectivity index (χ1v) is 11.0. The Labute approximate surface area is 183 Å². The van der Waals surface area contributed by atoms with Crippen molar-refractivity contribution in [3.05, 3.63) is 58.1 Å². The van der Waals surface area contributed by atoms with Gasteiger partial charge in [-0.3, -0.25) is 19.1 Å². The minimum Gasteiger partial charge on any atom is -0.281 e. The zero-order valence-electron chi connectivity index (χ0n) is 17.4. The largest absolute Gasteiger partial charge is 0.281 e. The number of halogens is 1. The summed E-state index contributed by atoms with van der Waals surface area (Å²) in [5.74, 6) is -0.126. The zero-order chi connectivity index (χ0) is 21.4. The van der Waals surface area contributed by atoms with Gasteiger partial charge in [0.25, 0.3) is 5.91 Å². The molecule has 4 aromatic rings. The number of amides is 1. The first-order chi connectivity index (χ1) is 14.4. The molecule has 0 bridgehead atoms. The van der Waals surface area contributed by atoms with Crippen LogP contribution in [-0.2, 0) is 13.1 Å². The highest BCUT2D eigenvalue weighted by Crippen LogP contribution is 2.34. The highest BCUT2D eigenvalue weighted by molar-refractivity contribution is 7.22. The van der Waals surface area contributed by atoms with Crippen molar-refractivity contribution in [2.75, 3.05) is 11.4 Å². The fourth-order valence-electron chi connectivity index (χ4n) is 3.49. The predicted octanol–water partition coefficient (Wildman–Crippen LogP) is 4.63. The summed E-state index contributed by atoms with van der Waals surface area (Å²) in [5.41, 5.74) is 4.31. The SMILES string of the molecule is CCn1nccc1C(=O)N(CCn1nc(C)cc1C)c1nc2c(C)c(Cl)ccc2s1. The lowest BCUT2D eigenvalue weighted by Crippen LogP contribution is -2.35. The van der Waals surface area contributed by atoms with Crippen molar-refractivity contribution in [2.24, 2.45) is 0 Å². The van der Waals surface area contributed by atoms with Crippen LogP contribution in [0, 0.1) is 20.8 Å². The van der Waals surface area contributed by atoms with E-state index in [-0.39, 0.29) is 5.91 Å². The highest BCUT2D eigenvalue weighted by Gasteiger charge is 2.25. The Morgan fingerprint density at radius 1 is 1.20 bits per heavy atom. The molecule has 0 radical (unpaired) electrons. The third kappa shape index (κ3) is 3.73. The van der Waals surface area contributed by atoms with Gasteiger partial charge < -0.3 is 0 Å². The Hall–Kier alpha value is -2.71. The van der Waals surface area contributed by atoms with E-state index in [4.69, 9.17) is 16.6 Å². The molecule has 0 spiro atoms. The molecular formula is C21H23ClN6OS. The average molecular weight is 443 g/mol. The molecule has 3 heterocycles. The number of carbonyl (C=O) groups is 1. The lowest BCUT2D eigenvalue weighted by atomic mass is 10.2. The molecule has 4 rings (SSSR count). The molecule has 9 heteroatoms. The molecule has 0 atom stereocenters. The zero-order valence-corrected chi connectivity index (χ0v) is 19.0. The normalized spacial score (nSPS) is 11.4. The minimum atomic E-state index is -0.126. The van der Waals surface area contributed by atoms with Crippen LogP contribution in [0.1, 0.15) is 34.4 Å². The van der Waals surface area contributed by atoms with Crippen LogP contribution in [0.25, 0.3) is 10.2 Å². The van der Waals surface area contributed by atoms with Crippen LogP contribution in [0.5, 0.6) is 0 Å². The van der Waals surface area contributed by atoms with E-state index in [0.717, 1.165) is 27.2 Å². The number of fused-ring (bicyclic) bond motifs is 1. The van der Waals surface area contributed by atoms with E-state index in [1.165, 1.54) is 11.3 Å². The molecule has 7 nitrogen and oxygen atoms in total. The van der Waals surface area contributed by atoms with E-state index in [1.54, 1.807) is 21.8 Å². The third-order valence-corrected chi connectivity index (χ3v) is 6.54. The van der Waals surface area contributed by atoms with Crippen molar-refractivity contribution in [3.8, 4) is 0 Å². The third-order valence-electron chi connectivity index (χ3n) is 5.09. The molecular weight excluding hydrogens is 420 g/mol. The minimum absolute atomic E-state index is 0.126. The van der Waals surface area contributed by atoms with Crippen molar-refractivity contribution in [1.29, 1.82) is 0 Å². The molecule has 156 valence electrons. The van der Waals surface area contributed by atoms with Gasteiger partial charge in [0.1, 0.15) is 5.69 Å². The maximum Gasteiger partial charge on any atom is 0.278 e. The second-order valence-corrected chi connectivity index (χ2v) is 8.57. The molecule has 0 fully saturated rings. The van der Waals surface area contributed by atoms with E-state index in [0.29, 0.717) is 35.5 Å². The van der Waals surface area contributed by atoms with Crippen molar-refractivity contribution < 1.29 is 4.79 Å². The van der Waals surface area contributed by atoms with Crippen LogP contribution in [-0.4, -0.2) is 37.0 Å². The standard InChI is InChI=1S/C21H23ClN6OS/c1-5-27-17(8-9-23-27)20(29)26(10-11-28-14(3)12-13(2)25-28)21-24-19-15(4)16(22)6-7-18(19)30-21/h6-9,12H,5,10-11H2,1-4H3. The summed E-state index contributed by atoms with van der Waals surface area (Å²) >= 11 is 7.77. The molecule has 0 saturated carbocycles. The van der Waals surface area contributed by atoms with Gasteiger partial charge in [-0.1, -0.05) is 22.9 Å². The fourth-order valence-corrected chi connectivity index (χ4v) is 4.69. The maximum atomic E-state index is 13.5. The lowest BCUT2D eigenvalue weighted by Gasteiger charge is -2.20. The summed E-state index contributed by atoms with van der Waals surface area (Å²) in [5, 5.41) is 10.1. The Balaban J connectivity index is 1.74. The molecule has 0 N–H and O–H groups in total. The number of anilines is 1. The molecule has 1 amide bonds. The van der Waals surface area contributed by atoms with Crippen molar-refractivity contribution >= 4 is 44.2 Å². The molecule has 0 aliphatic rings. The van der Waals surface area contributed by atoms with Gasteiger partial charge in [0.05, 0.1) is 22.5 Å². The maximum absolute atomic E-state index is 13.5. The number of thiazole rings is 1. The quantitative estimate of drug-likeness (QED) is 0.436. The molecule has 0 aliphatic heterocycles. The van der Waals surface area contributed by atoms with Crippen LogP contribution in [0.3, 0.4) is 0 Å². The topological polar surface area (TPSA) is 68.8 Å². The van der Waals surface area contributed by atoms with Gasteiger partial charge in [-0.05, 0) is 57.5 Å². The second kappa shape index (κ2) is 8.20. The van der Waals surface area contributed by atoms with Crippen molar-refractivity contribution in [2.45, 2.75) is 40.8 Å². The number of hydrogen-bond donors (Lipinski definition) is 0. The summed E-state index contributed by atoms with van der Waals surface area (Å²) in [4.78, 5) is 20.0. The number of nitrogens with zero attached hydrogens (tertiary/aromatic N) is 6. The van der Waals surface area contributed by atoms with Crippen LogP contribution in [0.4, 0.5) is 5.13 Å². The summed E-state index contributed by atoms with van der Waals surface area (Å²) in [6, 6.07) is 7.60. The summed E-state index contributed by atoms with van der Waals surface area (Å²) in [6.45, 7) is 9.53. The first-order valence-electron chi connectivity index (χ1n) is 9.79. The Morgan fingerprint density at radius 3 is 2.70 bits per heavy atom. The molecule has 0 aliphatic carbocycles. The van der Waals surface area contributed by atoms with Gasteiger partial charge in [0, 0.05) is 30.0 Å². The summed E-state index contributed by atoms with van der Waals surface area (Å²) < 4.78 is 4.62. The average Bonchev–Trinajstić information content (AvgIpc) is 3.43. The van der Waals surface area contributed by atoms with Gasteiger partial charge in [0.15, 0.2) is 5.13 Å². The van der Waals surface area contributed by atoms with Gasteiger partial charge in [-0.15, -0.1) is 0 Å². The van der Waals surface area contributed by atoms with Crippen LogP contribution >= 0.6 is 22.9 Å². The number of rotatable bonds is 6. The highest BCUT2D eigenvalue weighted by atomic mass is 35.5. The molecule has 30 heavy (non-hydrogen) atoms. The van der Waals surface area contributed by atoms with E-state index < -0.39 is 0 Å². The first kappa shape index (κ1) is 20.6. The van der Waals surface area contributed by atoms with Crippen LogP contribution < -0.4 is 4.90 Å². The van der Waals surface area contributed by atoms with Gasteiger partial charge >= 0.3 is 0 Å². The number of benzene rings is 1. The second-order valence-electron chi connectivity index (χ2n) is 7.15. The monoisotopic (exact) mass is 442 g/mol. The van der Waals surface area contributed by atoms with E-state index in [1.807, 2.05) is 50.6 Å². The number of aromatic nitrogens is 5. The van der Waals surface area contributed by atoms with Crippen molar-refractivity contribution in [1.82, 2.24) is 24.5 Å². The molecule has 0 unspecified atom stereocenters. The number of carbonyl (C=O) groups excluding carboxylic acids is 1. The lowest BCUT2D eigenvalue weighted by molar-refractivity contribution is 0.0975. The number of aryl methyl sites for hydroxylation is 4. The Bertz CT molecular complexity index is 1220. The van der Waals surface area contributed by atoms with E-state index >= 15 is 0 Å². The van der Waals surface area contributed by atoms with Crippen molar-refractivity contribution in [3.63, 3.8) is 0 Å². The van der Waals surface area contributed by atoms with Gasteiger partial charge in [-0.25, -0.2) is 4.98 Å². The Kier molecular flexibility index (Phi) is 5.62. The van der Waals surface area contributed by atoms with E-state index in [9.17, 15) is 4.79 Å². The van der Waals surface area contributed by atoms with Gasteiger partial charge in [-0.2, -0.15) is 10.2 Å². The predicted molar refractivity (Wildman–Crippen MR) is 121 cm³/mol. The molecule has 1 aromatic carbocycles. The number of hydrogen-bond acceptors (Lipinski definition) is 5. The van der Waals surface area contributed by atoms with Gasteiger partial charge in [0.2, 0.25) is 0 Å². The fraction of sp³-hybridized carbons (Fsp3) is 0.333. The summed E-state index contributed by atoms with van der Waals surface area (Å²) in [6.07, 6.45) is 1.65. The molecule has 3 aromatic heterocycles.